The minimum Gasteiger partial charge on any atom is -0.354 e. The van der Waals surface area contributed by atoms with Gasteiger partial charge in [0.1, 0.15) is 0 Å². The van der Waals surface area contributed by atoms with Crippen LogP contribution < -0.4 is 10.6 Å². The van der Waals surface area contributed by atoms with Gasteiger partial charge in [-0.25, -0.2) is 0 Å². The highest BCUT2D eigenvalue weighted by Gasteiger charge is 2.15. The SMILES string of the molecule is CCSCCC(=O)NCCNC(=O)CC(C)(C)C. The van der Waals surface area contributed by atoms with Crippen LogP contribution in [0.4, 0.5) is 0 Å². The summed E-state index contributed by atoms with van der Waals surface area (Å²) in [6, 6.07) is 0. The average molecular weight is 274 g/mol. The van der Waals surface area contributed by atoms with Crippen molar-refractivity contribution < 1.29 is 9.59 Å². The van der Waals surface area contributed by atoms with E-state index in [0.29, 0.717) is 25.9 Å². The van der Waals surface area contributed by atoms with Crippen molar-refractivity contribution in [1.82, 2.24) is 10.6 Å². The predicted molar refractivity (Wildman–Crippen MR) is 77.7 cm³/mol. The van der Waals surface area contributed by atoms with Crippen LogP contribution in [0.1, 0.15) is 40.5 Å². The molecule has 0 saturated heterocycles. The first-order valence-corrected chi connectivity index (χ1v) is 7.62. The number of carbonyl (C=O) groups is 2. The van der Waals surface area contributed by atoms with Gasteiger partial charge in [0.15, 0.2) is 0 Å². The van der Waals surface area contributed by atoms with Crippen molar-refractivity contribution in [3.63, 3.8) is 0 Å². The summed E-state index contributed by atoms with van der Waals surface area (Å²) in [6.45, 7) is 9.17. The van der Waals surface area contributed by atoms with E-state index in [2.05, 4.69) is 17.6 Å². The van der Waals surface area contributed by atoms with Crippen LogP contribution in [-0.2, 0) is 9.59 Å². The van der Waals surface area contributed by atoms with Crippen LogP contribution in [0.15, 0.2) is 0 Å². The first-order chi connectivity index (χ1) is 8.35. The largest absolute Gasteiger partial charge is 0.354 e. The Hall–Kier alpha value is -0.710. The molecule has 0 aliphatic rings. The van der Waals surface area contributed by atoms with E-state index in [4.69, 9.17) is 0 Å². The lowest BCUT2D eigenvalue weighted by atomic mass is 9.92. The maximum absolute atomic E-state index is 11.5. The molecule has 106 valence electrons. The molecule has 2 amide bonds. The molecule has 0 aromatic rings. The van der Waals surface area contributed by atoms with E-state index in [1.54, 1.807) is 11.8 Å². The molecule has 0 aliphatic heterocycles. The topological polar surface area (TPSA) is 58.2 Å². The number of amides is 2. The second-order valence-electron chi connectivity index (χ2n) is 5.38. The monoisotopic (exact) mass is 274 g/mol. The third-order valence-corrected chi connectivity index (χ3v) is 3.04. The van der Waals surface area contributed by atoms with Gasteiger partial charge in [0, 0.05) is 31.7 Å². The highest BCUT2D eigenvalue weighted by atomic mass is 32.2. The van der Waals surface area contributed by atoms with Gasteiger partial charge in [0.25, 0.3) is 0 Å². The third-order valence-electron chi connectivity index (χ3n) is 2.14. The van der Waals surface area contributed by atoms with Crippen LogP contribution >= 0.6 is 11.8 Å². The number of carbonyl (C=O) groups excluding carboxylic acids is 2. The van der Waals surface area contributed by atoms with E-state index in [9.17, 15) is 9.59 Å². The number of rotatable bonds is 8. The standard InChI is InChI=1S/C13H26N2O2S/c1-5-18-9-6-11(16)14-7-8-15-12(17)10-13(2,3)4/h5-10H2,1-4H3,(H,14,16)(H,15,17). The molecule has 0 aliphatic carbocycles. The zero-order chi connectivity index (χ0) is 14.0. The van der Waals surface area contributed by atoms with Crippen molar-refractivity contribution in [3.05, 3.63) is 0 Å². The zero-order valence-electron chi connectivity index (χ0n) is 12.0. The molecule has 0 fully saturated rings. The van der Waals surface area contributed by atoms with Gasteiger partial charge in [-0.05, 0) is 11.2 Å². The van der Waals surface area contributed by atoms with Gasteiger partial charge in [0.05, 0.1) is 0 Å². The Labute approximate surface area is 115 Å². The lowest BCUT2D eigenvalue weighted by molar-refractivity contribution is -0.123. The maximum Gasteiger partial charge on any atom is 0.220 e. The summed E-state index contributed by atoms with van der Waals surface area (Å²) in [5, 5.41) is 5.60. The van der Waals surface area contributed by atoms with Crippen LogP contribution in [0.5, 0.6) is 0 Å². The molecule has 0 rings (SSSR count). The molecule has 0 heterocycles. The molecule has 0 aromatic carbocycles. The highest BCUT2D eigenvalue weighted by Crippen LogP contribution is 2.17. The fourth-order valence-corrected chi connectivity index (χ4v) is 1.96. The lowest BCUT2D eigenvalue weighted by Crippen LogP contribution is -2.36. The Bertz CT molecular complexity index is 262. The van der Waals surface area contributed by atoms with Gasteiger partial charge in [0.2, 0.25) is 11.8 Å². The smallest absolute Gasteiger partial charge is 0.220 e. The van der Waals surface area contributed by atoms with E-state index >= 15 is 0 Å². The van der Waals surface area contributed by atoms with E-state index in [-0.39, 0.29) is 17.2 Å². The van der Waals surface area contributed by atoms with Crippen molar-refractivity contribution in [1.29, 1.82) is 0 Å². The fraction of sp³-hybridized carbons (Fsp3) is 0.846. The molecule has 0 aromatic heterocycles. The highest BCUT2D eigenvalue weighted by molar-refractivity contribution is 7.99. The average Bonchev–Trinajstić information content (AvgIpc) is 2.22. The van der Waals surface area contributed by atoms with Gasteiger partial charge in [-0.2, -0.15) is 11.8 Å². The first kappa shape index (κ1) is 17.3. The second kappa shape index (κ2) is 9.25. The molecular weight excluding hydrogens is 248 g/mol. The summed E-state index contributed by atoms with van der Waals surface area (Å²) in [4.78, 5) is 22.8. The molecule has 18 heavy (non-hydrogen) atoms. The Balaban J connectivity index is 3.50. The van der Waals surface area contributed by atoms with Gasteiger partial charge in [-0.1, -0.05) is 27.7 Å². The summed E-state index contributed by atoms with van der Waals surface area (Å²) < 4.78 is 0. The van der Waals surface area contributed by atoms with Crippen LogP contribution in [0.25, 0.3) is 0 Å². The quantitative estimate of drug-likeness (QED) is 0.664. The molecule has 0 unspecified atom stereocenters. The minimum atomic E-state index is 0.00467. The van der Waals surface area contributed by atoms with E-state index in [1.165, 1.54) is 0 Å². The van der Waals surface area contributed by atoms with Gasteiger partial charge < -0.3 is 10.6 Å². The fourth-order valence-electron chi connectivity index (χ4n) is 1.35. The Morgan fingerprint density at radius 2 is 1.61 bits per heavy atom. The van der Waals surface area contributed by atoms with Crippen molar-refractivity contribution >= 4 is 23.6 Å². The molecule has 0 spiro atoms. The van der Waals surface area contributed by atoms with E-state index in [0.717, 1.165) is 11.5 Å². The number of nitrogens with one attached hydrogen (secondary N) is 2. The molecule has 5 heteroatoms. The number of thioether (sulfide) groups is 1. The summed E-state index contributed by atoms with van der Waals surface area (Å²) in [5.41, 5.74) is 0.00467. The Morgan fingerprint density at radius 1 is 1.06 bits per heavy atom. The summed E-state index contributed by atoms with van der Waals surface area (Å²) >= 11 is 1.76. The summed E-state index contributed by atoms with van der Waals surface area (Å²) in [6.07, 6.45) is 1.06. The molecule has 0 saturated carbocycles. The Morgan fingerprint density at radius 3 is 2.11 bits per heavy atom. The van der Waals surface area contributed by atoms with Crippen molar-refractivity contribution in [3.8, 4) is 0 Å². The lowest BCUT2D eigenvalue weighted by Gasteiger charge is -2.17. The van der Waals surface area contributed by atoms with Crippen LogP contribution in [0.3, 0.4) is 0 Å². The summed E-state index contributed by atoms with van der Waals surface area (Å²) in [7, 11) is 0. The van der Waals surface area contributed by atoms with Crippen molar-refractivity contribution in [2.24, 2.45) is 5.41 Å². The minimum absolute atomic E-state index is 0.00467. The van der Waals surface area contributed by atoms with Crippen LogP contribution in [-0.4, -0.2) is 36.4 Å². The van der Waals surface area contributed by atoms with E-state index < -0.39 is 0 Å². The molecule has 2 N–H and O–H groups in total. The first-order valence-electron chi connectivity index (χ1n) is 6.46. The molecular formula is C13H26N2O2S. The zero-order valence-corrected chi connectivity index (χ0v) is 12.8. The van der Waals surface area contributed by atoms with Gasteiger partial charge in [-0.3, -0.25) is 9.59 Å². The number of hydrogen-bond acceptors (Lipinski definition) is 3. The molecule has 0 atom stereocenters. The van der Waals surface area contributed by atoms with Gasteiger partial charge in [-0.15, -0.1) is 0 Å². The van der Waals surface area contributed by atoms with E-state index in [1.807, 2.05) is 20.8 Å². The number of hydrogen-bond donors (Lipinski definition) is 2. The molecule has 0 radical (unpaired) electrons. The van der Waals surface area contributed by atoms with Crippen molar-refractivity contribution in [2.45, 2.75) is 40.5 Å². The van der Waals surface area contributed by atoms with Gasteiger partial charge >= 0.3 is 0 Å². The van der Waals surface area contributed by atoms with Crippen LogP contribution in [0, 0.1) is 5.41 Å². The summed E-state index contributed by atoms with van der Waals surface area (Å²) in [5.74, 6) is 1.99. The maximum atomic E-state index is 11.5. The third kappa shape index (κ3) is 11.8. The normalized spacial score (nSPS) is 11.1. The molecule has 0 bridgehead atoms. The van der Waals surface area contributed by atoms with Crippen molar-refractivity contribution in [2.75, 3.05) is 24.6 Å². The second-order valence-corrected chi connectivity index (χ2v) is 6.78. The predicted octanol–water partition coefficient (Wildman–Crippen LogP) is 1.80. The van der Waals surface area contributed by atoms with Crippen LogP contribution in [0.2, 0.25) is 0 Å². The molecule has 4 nitrogen and oxygen atoms in total. The Kier molecular flexibility index (Phi) is 8.89.